The van der Waals surface area contributed by atoms with E-state index in [0.717, 1.165) is 35.3 Å². The van der Waals surface area contributed by atoms with Crippen molar-refractivity contribution in [1.29, 1.82) is 0 Å². The smallest absolute Gasteiger partial charge is 0.123 e. The normalized spacial score (nSPS) is 10.4. The molecule has 0 radical (unpaired) electrons. The molecular weight excluding hydrogens is 270 g/mol. The predicted molar refractivity (Wildman–Crippen MR) is 68.7 cm³/mol. The fourth-order valence-electron chi connectivity index (χ4n) is 1.38. The van der Waals surface area contributed by atoms with Crippen molar-refractivity contribution < 1.29 is 9.84 Å². The van der Waals surface area contributed by atoms with E-state index in [1.54, 1.807) is 0 Å². The molecule has 2 N–H and O–H groups in total. The SMILES string of the molecule is CCCNCc1cc(Br)ccc1OCCO. The second-order valence-corrected chi connectivity index (χ2v) is 4.42. The summed E-state index contributed by atoms with van der Waals surface area (Å²) in [6.07, 6.45) is 1.11. The van der Waals surface area contributed by atoms with Crippen LogP contribution in [0.5, 0.6) is 5.75 Å². The van der Waals surface area contributed by atoms with E-state index in [2.05, 4.69) is 28.2 Å². The molecule has 0 atom stereocenters. The van der Waals surface area contributed by atoms with Gasteiger partial charge in [0.25, 0.3) is 0 Å². The number of halogens is 1. The molecule has 1 aromatic carbocycles. The molecule has 90 valence electrons. The fraction of sp³-hybridized carbons (Fsp3) is 0.500. The summed E-state index contributed by atoms with van der Waals surface area (Å²) >= 11 is 3.44. The molecule has 0 unspecified atom stereocenters. The third kappa shape index (κ3) is 4.51. The molecule has 0 heterocycles. The number of hydrogen-bond acceptors (Lipinski definition) is 3. The zero-order valence-corrected chi connectivity index (χ0v) is 11.1. The lowest BCUT2D eigenvalue weighted by atomic mass is 10.2. The van der Waals surface area contributed by atoms with Gasteiger partial charge < -0.3 is 15.2 Å². The summed E-state index contributed by atoms with van der Waals surface area (Å²) in [6, 6.07) is 5.90. The zero-order valence-electron chi connectivity index (χ0n) is 9.50. The Morgan fingerprint density at radius 1 is 1.44 bits per heavy atom. The van der Waals surface area contributed by atoms with E-state index < -0.39 is 0 Å². The number of benzene rings is 1. The standard InChI is InChI=1S/C12H18BrNO2/c1-2-5-14-9-10-8-11(13)3-4-12(10)16-7-6-15/h3-4,8,14-15H,2,5-7,9H2,1H3. The van der Waals surface area contributed by atoms with Crippen molar-refractivity contribution in [2.75, 3.05) is 19.8 Å². The lowest BCUT2D eigenvalue weighted by molar-refractivity contribution is 0.200. The van der Waals surface area contributed by atoms with Gasteiger partial charge in [-0.15, -0.1) is 0 Å². The van der Waals surface area contributed by atoms with Crippen LogP contribution in [-0.2, 0) is 6.54 Å². The average Bonchev–Trinajstić information content (AvgIpc) is 2.28. The topological polar surface area (TPSA) is 41.5 Å². The first-order valence-corrected chi connectivity index (χ1v) is 6.30. The fourth-order valence-corrected chi connectivity index (χ4v) is 1.79. The van der Waals surface area contributed by atoms with Crippen LogP contribution in [-0.4, -0.2) is 24.9 Å². The summed E-state index contributed by atoms with van der Waals surface area (Å²) in [7, 11) is 0. The molecule has 16 heavy (non-hydrogen) atoms. The Balaban J connectivity index is 2.65. The van der Waals surface area contributed by atoms with E-state index in [4.69, 9.17) is 9.84 Å². The van der Waals surface area contributed by atoms with Gasteiger partial charge in [0.2, 0.25) is 0 Å². The van der Waals surface area contributed by atoms with Gasteiger partial charge in [0.15, 0.2) is 0 Å². The highest BCUT2D eigenvalue weighted by Crippen LogP contribution is 2.23. The number of nitrogens with one attached hydrogen (secondary N) is 1. The van der Waals surface area contributed by atoms with Gasteiger partial charge in [-0.05, 0) is 31.2 Å². The monoisotopic (exact) mass is 287 g/mol. The van der Waals surface area contributed by atoms with Crippen molar-refractivity contribution in [2.45, 2.75) is 19.9 Å². The summed E-state index contributed by atoms with van der Waals surface area (Å²) in [5.74, 6) is 0.834. The maximum absolute atomic E-state index is 8.74. The Bertz CT molecular complexity index is 318. The lowest BCUT2D eigenvalue weighted by Crippen LogP contribution is -2.15. The maximum atomic E-state index is 8.74. The Morgan fingerprint density at radius 2 is 2.25 bits per heavy atom. The molecule has 0 aliphatic heterocycles. The molecule has 1 aromatic rings. The van der Waals surface area contributed by atoms with Crippen molar-refractivity contribution in [2.24, 2.45) is 0 Å². The highest BCUT2D eigenvalue weighted by Gasteiger charge is 2.04. The number of aliphatic hydroxyl groups is 1. The molecule has 0 aliphatic carbocycles. The van der Waals surface area contributed by atoms with E-state index in [-0.39, 0.29) is 6.61 Å². The second kappa shape index (κ2) is 7.65. The summed E-state index contributed by atoms with van der Waals surface area (Å²) < 4.78 is 6.50. The molecule has 0 amide bonds. The van der Waals surface area contributed by atoms with Crippen LogP contribution in [0.15, 0.2) is 22.7 Å². The van der Waals surface area contributed by atoms with Crippen LogP contribution in [0.3, 0.4) is 0 Å². The van der Waals surface area contributed by atoms with Crippen LogP contribution in [0, 0.1) is 0 Å². The third-order valence-electron chi connectivity index (χ3n) is 2.11. The van der Waals surface area contributed by atoms with E-state index in [0.29, 0.717) is 6.61 Å². The first kappa shape index (κ1) is 13.5. The number of hydrogen-bond donors (Lipinski definition) is 2. The Labute approximate surface area is 105 Å². The molecule has 0 aromatic heterocycles. The zero-order chi connectivity index (χ0) is 11.8. The van der Waals surface area contributed by atoms with Crippen LogP contribution in [0.4, 0.5) is 0 Å². The second-order valence-electron chi connectivity index (χ2n) is 3.50. The van der Waals surface area contributed by atoms with Crippen LogP contribution in [0.25, 0.3) is 0 Å². The van der Waals surface area contributed by atoms with Crippen LogP contribution in [0.1, 0.15) is 18.9 Å². The lowest BCUT2D eigenvalue weighted by Gasteiger charge is -2.11. The van der Waals surface area contributed by atoms with Gasteiger partial charge in [-0.3, -0.25) is 0 Å². The summed E-state index contributed by atoms with van der Waals surface area (Å²) in [6.45, 7) is 4.29. The molecule has 3 nitrogen and oxygen atoms in total. The van der Waals surface area contributed by atoms with Crippen molar-refractivity contribution in [1.82, 2.24) is 5.32 Å². The van der Waals surface area contributed by atoms with Gasteiger partial charge in [0.05, 0.1) is 6.61 Å². The summed E-state index contributed by atoms with van der Waals surface area (Å²) in [4.78, 5) is 0. The molecule has 4 heteroatoms. The average molecular weight is 288 g/mol. The predicted octanol–water partition coefficient (Wildman–Crippen LogP) is 2.32. The largest absolute Gasteiger partial charge is 0.491 e. The van der Waals surface area contributed by atoms with Crippen molar-refractivity contribution in [3.05, 3.63) is 28.2 Å². The van der Waals surface area contributed by atoms with E-state index >= 15 is 0 Å². The Kier molecular flexibility index (Phi) is 6.45. The Morgan fingerprint density at radius 3 is 2.94 bits per heavy atom. The minimum Gasteiger partial charge on any atom is -0.491 e. The number of rotatable bonds is 7. The quantitative estimate of drug-likeness (QED) is 0.757. The molecule has 0 bridgehead atoms. The minimum absolute atomic E-state index is 0.0396. The molecule has 0 saturated heterocycles. The van der Waals surface area contributed by atoms with Crippen molar-refractivity contribution in [3.63, 3.8) is 0 Å². The highest BCUT2D eigenvalue weighted by atomic mass is 79.9. The van der Waals surface area contributed by atoms with Gasteiger partial charge in [-0.2, -0.15) is 0 Å². The van der Waals surface area contributed by atoms with E-state index in [1.165, 1.54) is 0 Å². The highest BCUT2D eigenvalue weighted by molar-refractivity contribution is 9.10. The van der Waals surface area contributed by atoms with E-state index in [9.17, 15) is 0 Å². The third-order valence-corrected chi connectivity index (χ3v) is 2.61. The molecule has 0 saturated carbocycles. The van der Waals surface area contributed by atoms with Gasteiger partial charge in [-0.1, -0.05) is 22.9 Å². The number of aliphatic hydroxyl groups excluding tert-OH is 1. The first-order valence-electron chi connectivity index (χ1n) is 5.50. The van der Waals surface area contributed by atoms with Gasteiger partial charge in [-0.25, -0.2) is 0 Å². The summed E-state index contributed by atoms with van der Waals surface area (Å²) in [5.41, 5.74) is 1.11. The Hall–Kier alpha value is -0.580. The molecule has 1 rings (SSSR count). The first-order chi connectivity index (χ1) is 7.77. The maximum Gasteiger partial charge on any atom is 0.123 e. The van der Waals surface area contributed by atoms with Gasteiger partial charge in [0, 0.05) is 16.6 Å². The minimum atomic E-state index is 0.0396. The van der Waals surface area contributed by atoms with Gasteiger partial charge in [0.1, 0.15) is 12.4 Å². The molecule has 0 aliphatic rings. The van der Waals surface area contributed by atoms with Crippen molar-refractivity contribution in [3.8, 4) is 5.75 Å². The molecule has 0 fully saturated rings. The van der Waals surface area contributed by atoms with Crippen LogP contribution < -0.4 is 10.1 Å². The molecule has 0 spiro atoms. The van der Waals surface area contributed by atoms with Crippen LogP contribution in [0.2, 0.25) is 0 Å². The van der Waals surface area contributed by atoms with Crippen LogP contribution >= 0.6 is 15.9 Å². The number of ether oxygens (including phenoxy) is 1. The van der Waals surface area contributed by atoms with E-state index in [1.807, 2.05) is 18.2 Å². The van der Waals surface area contributed by atoms with Gasteiger partial charge >= 0.3 is 0 Å². The summed E-state index contributed by atoms with van der Waals surface area (Å²) in [5, 5.41) is 12.1. The molecular formula is C12H18BrNO2. The van der Waals surface area contributed by atoms with Crippen molar-refractivity contribution >= 4 is 15.9 Å².